The smallest absolute Gasteiger partial charge is 0.390 e. The van der Waals surface area contributed by atoms with E-state index in [0.29, 0.717) is 6.07 Å². The van der Waals surface area contributed by atoms with E-state index in [9.17, 15) is 28.2 Å². The Morgan fingerprint density at radius 3 is 2.42 bits per heavy atom. The molecule has 0 aliphatic rings. The normalized spacial score (nSPS) is 15.1. The molecular formula is C11H11ClF3NO3. The average molecular weight is 298 g/mol. The molecule has 0 radical (unpaired) electrons. The molecule has 106 valence electrons. The third-order valence-electron chi connectivity index (χ3n) is 2.42. The molecule has 0 heterocycles. The Kier molecular flexibility index (Phi) is 4.78. The molecule has 19 heavy (non-hydrogen) atoms. The van der Waals surface area contributed by atoms with Crippen molar-refractivity contribution >= 4 is 17.5 Å². The molecule has 0 saturated carbocycles. The second kappa shape index (κ2) is 5.77. The number of hydrogen-bond acceptors (Lipinski definition) is 3. The predicted molar refractivity (Wildman–Crippen MR) is 61.2 cm³/mol. The summed E-state index contributed by atoms with van der Waals surface area (Å²) in [5.74, 6) is -0.894. The van der Waals surface area contributed by atoms with Crippen LogP contribution in [0.25, 0.3) is 0 Å². The molecule has 2 atom stereocenters. The van der Waals surface area contributed by atoms with Crippen LogP contribution in [0.3, 0.4) is 0 Å². The van der Waals surface area contributed by atoms with Crippen LogP contribution >= 0.6 is 11.6 Å². The van der Waals surface area contributed by atoms with Crippen LogP contribution in [0, 0.1) is 0 Å². The number of halogens is 4. The number of aliphatic hydroxyl groups is 2. The average Bonchev–Trinajstić information content (AvgIpc) is 2.26. The summed E-state index contributed by atoms with van der Waals surface area (Å²) < 4.78 is 37.5. The Balaban J connectivity index is 3.08. The zero-order valence-corrected chi connectivity index (χ0v) is 10.2. The molecule has 4 nitrogen and oxygen atoms in total. The number of hydrogen-bond donors (Lipinski definition) is 3. The molecule has 0 aliphatic heterocycles. The van der Waals surface area contributed by atoms with Gasteiger partial charge in [-0.05, 0) is 18.2 Å². The van der Waals surface area contributed by atoms with E-state index in [2.05, 4.69) is 0 Å². The van der Waals surface area contributed by atoms with Gasteiger partial charge in [-0.2, -0.15) is 13.2 Å². The van der Waals surface area contributed by atoms with E-state index >= 15 is 0 Å². The van der Waals surface area contributed by atoms with Crippen LogP contribution in [0.5, 0.6) is 0 Å². The lowest BCUT2D eigenvalue weighted by Crippen LogP contribution is -2.26. The number of alkyl halides is 3. The van der Waals surface area contributed by atoms with E-state index in [-0.39, 0.29) is 10.6 Å². The second-order valence-electron chi connectivity index (χ2n) is 3.92. The molecule has 0 fully saturated rings. The molecule has 8 heteroatoms. The molecule has 0 spiro atoms. The number of amides is 1. The van der Waals surface area contributed by atoms with Gasteiger partial charge in [-0.3, -0.25) is 4.79 Å². The van der Waals surface area contributed by atoms with Gasteiger partial charge in [0, 0.05) is 10.6 Å². The monoisotopic (exact) mass is 297 g/mol. The molecular weight excluding hydrogens is 287 g/mol. The minimum Gasteiger partial charge on any atom is -0.390 e. The van der Waals surface area contributed by atoms with Crippen molar-refractivity contribution in [1.29, 1.82) is 0 Å². The fourth-order valence-electron chi connectivity index (χ4n) is 1.47. The summed E-state index contributed by atoms with van der Waals surface area (Å²) in [6.45, 7) is 0. The number of carbonyl (C=O) groups is 1. The maximum atomic E-state index is 12.5. The molecule has 2 unspecified atom stereocenters. The van der Waals surface area contributed by atoms with Crippen molar-refractivity contribution in [3.63, 3.8) is 0 Å². The third-order valence-corrected chi connectivity index (χ3v) is 2.76. The summed E-state index contributed by atoms with van der Waals surface area (Å²) >= 11 is 5.67. The van der Waals surface area contributed by atoms with Gasteiger partial charge in [0.05, 0.1) is 18.1 Å². The zero-order chi connectivity index (χ0) is 14.8. The number of carbonyl (C=O) groups excluding carboxylic acids is 1. The maximum Gasteiger partial charge on any atom is 0.416 e. The minimum absolute atomic E-state index is 0.149. The van der Waals surface area contributed by atoms with Crippen LogP contribution in [0.4, 0.5) is 13.2 Å². The highest BCUT2D eigenvalue weighted by molar-refractivity contribution is 6.31. The number of primary amides is 1. The van der Waals surface area contributed by atoms with Gasteiger partial charge in [0.1, 0.15) is 6.10 Å². The minimum atomic E-state index is -4.60. The fraction of sp³-hybridized carbons (Fsp3) is 0.364. The van der Waals surface area contributed by atoms with Crippen molar-refractivity contribution in [3.05, 3.63) is 34.3 Å². The van der Waals surface area contributed by atoms with Crippen LogP contribution in [0.2, 0.25) is 5.02 Å². The molecule has 1 rings (SSSR count). The quantitative estimate of drug-likeness (QED) is 0.790. The topological polar surface area (TPSA) is 83.6 Å². The van der Waals surface area contributed by atoms with Gasteiger partial charge in [0.25, 0.3) is 0 Å². The van der Waals surface area contributed by atoms with Gasteiger partial charge >= 0.3 is 6.18 Å². The van der Waals surface area contributed by atoms with Crippen LogP contribution in [-0.2, 0) is 11.0 Å². The molecule has 0 saturated heterocycles. The lowest BCUT2D eigenvalue weighted by atomic mass is 9.99. The van der Waals surface area contributed by atoms with Crippen LogP contribution in [-0.4, -0.2) is 22.2 Å². The van der Waals surface area contributed by atoms with Crippen LogP contribution in [0.1, 0.15) is 23.7 Å². The van der Waals surface area contributed by atoms with E-state index in [1.807, 2.05) is 0 Å². The molecule has 1 amide bonds. The molecule has 0 aliphatic carbocycles. The zero-order valence-electron chi connectivity index (χ0n) is 9.49. The summed E-state index contributed by atoms with van der Waals surface area (Å²) in [7, 11) is 0. The van der Waals surface area contributed by atoms with Gasteiger partial charge in [0.15, 0.2) is 0 Å². The highest BCUT2D eigenvalue weighted by Crippen LogP contribution is 2.34. The SMILES string of the molecule is NC(=O)CC(O)C(O)c1cc(C(F)(F)F)ccc1Cl. The molecule has 0 aromatic heterocycles. The fourth-order valence-corrected chi connectivity index (χ4v) is 1.70. The Hall–Kier alpha value is -1.31. The second-order valence-corrected chi connectivity index (χ2v) is 4.32. The first kappa shape index (κ1) is 15.7. The number of rotatable bonds is 4. The van der Waals surface area contributed by atoms with Crippen molar-refractivity contribution in [2.75, 3.05) is 0 Å². The van der Waals surface area contributed by atoms with Crippen molar-refractivity contribution in [1.82, 2.24) is 0 Å². The van der Waals surface area contributed by atoms with Crippen molar-refractivity contribution in [3.8, 4) is 0 Å². The Labute approximate surface area is 111 Å². The largest absolute Gasteiger partial charge is 0.416 e. The van der Waals surface area contributed by atoms with Crippen molar-refractivity contribution < 1.29 is 28.2 Å². The summed E-state index contributed by atoms with van der Waals surface area (Å²) in [5, 5.41) is 19.0. The Morgan fingerprint density at radius 2 is 1.95 bits per heavy atom. The first-order valence-corrected chi connectivity index (χ1v) is 5.51. The first-order chi connectivity index (χ1) is 8.62. The van der Waals surface area contributed by atoms with Gasteiger partial charge in [-0.15, -0.1) is 0 Å². The Bertz CT molecular complexity index is 479. The number of benzene rings is 1. The van der Waals surface area contributed by atoms with Gasteiger partial charge < -0.3 is 15.9 Å². The molecule has 4 N–H and O–H groups in total. The van der Waals surface area contributed by atoms with Gasteiger partial charge in [0.2, 0.25) is 5.91 Å². The van der Waals surface area contributed by atoms with Gasteiger partial charge in [-0.1, -0.05) is 11.6 Å². The van der Waals surface area contributed by atoms with Crippen molar-refractivity contribution in [2.24, 2.45) is 5.73 Å². The standard InChI is InChI=1S/C11H11ClF3NO3/c12-7-2-1-5(11(13,14)15)3-6(7)10(19)8(17)4-9(16)18/h1-3,8,10,17,19H,4H2,(H2,16,18). The lowest BCUT2D eigenvalue weighted by molar-refractivity contribution is -0.137. The molecule has 1 aromatic rings. The molecule has 0 bridgehead atoms. The third kappa shape index (κ3) is 4.09. The lowest BCUT2D eigenvalue weighted by Gasteiger charge is -2.19. The highest BCUT2D eigenvalue weighted by Gasteiger charge is 2.32. The Morgan fingerprint density at radius 1 is 1.37 bits per heavy atom. The summed E-state index contributed by atoms with van der Waals surface area (Å²) in [4.78, 5) is 10.6. The first-order valence-electron chi connectivity index (χ1n) is 5.14. The highest BCUT2D eigenvalue weighted by atomic mass is 35.5. The summed E-state index contributed by atoms with van der Waals surface area (Å²) in [5.41, 5.74) is 3.49. The molecule has 1 aromatic carbocycles. The number of aliphatic hydroxyl groups excluding tert-OH is 2. The van der Waals surface area contributed by atoms with E-state index < -0.39 is 36.3 Å². The maximum absolute atomic E-state index is 12.5. The van der Waals surface area contributed by atoms with E-state index in [4.69, 9.17) is 17.3 Å². The summed E-state index contributed by atoms with van der Waals surface area (Å²) in [6, 6.07) is 2.33. The van der Waals surface area contributed by atoms with E-state index in [1.165, 1.54) is 0 Å². The van der Waals surface area contributed by atoms with Crippen LogP contribution < -0.4 is 5.73 Å². The van der Waals surface area contributed by atoms with Crippen LogP contribution in [0.15, 0.2) is 18.2 Å². The summed E-state index contributed by atoms with van der Waals surface area (Å²) in [6.07, 6.45) is -8.55. The van der Waals surface area contributed by atoms with E-state index in [0.717, 1.165) is 12.1 Å². The van der Waals surface area contributed by atoms with E-state index in [1.54, 1.807) is 0 Å². The van der Waals surface area contributed by atoms with Crippen molar-refractivity contribution in [2.45, 2.75) is 24.8 Å². The predicted octanol–water partition coefficient (Wildman–Crippen LogP) is 1.63. The number of nitrogens with two attached hydrogens (primary N) is 1. The van der Waals surface area contributed by atoms with Gasteiger partial charge in [-0.25, -0.2) is 0 Å².